The number of rotatable bonds is 4. The van der Waals surface area contributed by atoms with Crippen LogP contribution in [0, 0.1) is 0 Å². The summed E-state index contributed by atoms with van der Waals surface area (Å²) in [5.74, 6) is 0.830. The molecular weight excluding hydrogens is 240 g/mol. The zero-order valence-corrected chi connectivity index (χ0v) is 10.3. The van der Waals surface area contributed by atoms with E-state index in [2.05, 4.69) is 20.3 Å². The Morgan fingerprint density at radius 3 is 2.74 bits per heavy atom. The van der Waals surface area contributed by atoms with Gasteiger partial charge in [-0.3, -0.25) is 4.98 Å². The summed E-state index contributed by atoms with van der Waals surface area (Å²) in [5, 5.41) is 11.9. The van der Waals surface area contributed by atoms with E-state index in [1.807, 2.05) is 30.3 Å². The summed E-state index contributed by atoms with van der Waals surface area (Å²) in [4.78, 5) is 11.8. The predicted octanol–water partition coefficient (Wildman–Crippen LogP) is 2.03. The van der Waals surface area contributed by atoms with E-state index in [-0.39, 0.29) is 6.61 Å². The molecule has 1 aromatic carbocycles. The second-order valence-corrected chi connectivity index (χ2v) is 4.21. The van der Waals surface area contributed by atoms with Crippen LogP contribution in [0.15, 0.2) is 42.7 Å². The van der Waals surface area contributed by atoms with Gasteiger partial charge < -0.3 is 15.4 Å². The number of benzene rings is 1. The molecule has 0 fully saturated rings. The van der Waals surface area contributed by atoms with Gasteiger partial charge in [0.1, 0.15) is 5.82 Å². The van der Waals surface area contributed by atoms with E-state index in [4.69, 9.17) is 5.11 Å². The lowest BCUT2D eigenvalue weighted by Crippen LogP contribution is -2.04. The average Bonchev–Trinajstić information content (AvgIpc) is 2.89. The lowest BCUT2D eigenvalue weighted by molar-refractivity contribution is 0.311. The van der Waals surface area contributed by atoms with E-state index in [0.29, 0.717) is 6.54 Å². The van der Waals surface area contributed by atoms with Crippen molar-refractivity contribution in [1.82, 2.24) is 15.0 Å². The van der Waals surface area contributed by atoms with Crippen molar-refractivity contribution >= 4 is 16.7 Å². The summed E-state index contributed by atoms with van der Waals surface area (Å²) in [6.45, 7) is 0.675. The van der Waals surface area contributed by atoms with Crippen LogP contribution < -0.4 is 5.32 Å². The fourth-order valence-electron chi connectivity index (χ4n) is 1.94. The highest BCUT2D eigenvalue weighted by atomic mass is 16.3. The quantitative estimate of drug-likeness (QED) is 0.666. The lowest BCUT2D eigenvalue weighted by atomic mass is 10.2. The monoisotopic (exact) mass is 254 g/mol. The predicted molar refractivity (Wildman–Crippen MR) is 74.9 cm³/mol. The molecule has 0 radical (unpaired) electrons. The largest absolute Gasteiger partial charge is 0.395 e. The number of fused-ring (bicyclic) bond motifs is 1. The third-order valence-corrected chi connectivity index (χ3v) is 2.88. The van der Waals surface area contributed by atoms with Crippen LogP contribution in [0.3, 0.4) is 0 Å². The Kier molecular flexibility index (Phi) is 3.12. The third-order valence-electron chi connectivity index (χ3n) is 2.88. The molecule has 19 heavy (non-hydrogen) atoms. The molecular formula is C14H14N4O. The van der Waals surface area contributed by atoms with Crippen molar-refractivity contribution < 1.29 is 5.11 Å². The Labute approximate surface area is 110 Å². The standard InChI is InChI=1S/C14H14N4O/c19-8-7-16-11-3-1-10(2-4-11)14-17-12-5-6-15-9-13(12)18-14/h1-6,9,16,19H,7-8H2,(H,17,18). The Hall–Kier alpha value is -2.40. The van der Waals surface area contributed by atoms with E-state index in [0.717, 1.165) is 28.1 Å². The molecule has 3 N–H and O–H groups in total. The molecule has 2 aromatic heterocycles. The zero-order valence-electron chi connectivity index (χ0n) is 10.3. The van der Waals surface area contributed by atoms with Gasteiger partial charge in [0.2, 0.25) is 0 Å². The van der Waals surface area contributed by atoms with Crippen molar-refractivity contribution in [2.75, 3.05) is 18.5 Å². The van der Waals surface area contributed by atoms with Crippen LogP contribution in [-0.2, 0) is 0 Å². The highest BCUT2D eigenvalue weighted by Gasteiger charge is 2.04. The number of hydrogen-bond acceptors (Lipinski definition) is 4. The van der Waals surface area contributed by atoms with Gasteiger partial charge in [0.05, 0.1) is 23.8 Å². The molecule has 0 aliphatic rings. The van der Waals surface area contributed by atoms with Crippen LogP contribution in [0.1, 0.15) is 0 Å². The first-order chi connectivity index (χ1) is 9.36. The number of imidazole rings is 1. The summed E-state index contributed by atoms with van der Waals surface area (Å²) in [6.07, 6.45) is 3.50. The molecule has 96 valence electrons. The molecule has 0 saturated heterocycles. The van der Waals surface area contributed by atoms with Gasteiger partial charge in [-0.2, -0.15) is 0 Å². The molecule has 0 aliphatic heterocycles. The van der Waals surface area contributed by atoms with Gasteiger partial charge in [-0.25, -0.2) is 4.98 Å². The van der Waals surface area contributed by atoms with Crippen molar-refractivity contribution in [2.24, 2.45) is 0 Å². The minimum absolute atomic E-state index is 0.123. The van der Waals surface area contributed by atoms with Crippen LogP contribution in [-0.4, -0.2) is 33.2 Å². The molecule has 3 aromatic rings. The van der Waals surface area contributed by atoms with Crippen LogP contribution >= 0.6 is 0 Å². The Bertz CT molecular complexity index is 642. The SMILES string of the molecule is OCCNc1ccc(-c2nc3ccncc3[nH]2)cc1. The zero-order chi connectivity index (χ0) is 13.1. The van der Waals surface area contributed by atoms with Gasteiger partial charge in [-0.05, 0) is 30.3 Å². The second-order valence-electron chi connectivity index (χ2n) is 4.21. The molecule has 0 aliphatic carbocycles. The fraction of sp³-hybridized carbons (Fsp3) is 0.143. The number of H-pyrrole nitrogens is 1. The van der Waals surface area contributed by atoms with E-state index >= 15 is 0 Å². The molecule has 0 saturated carbocycles. The number of aromatic nitrogens is 3. The first-order valence-electron chi connectivity index (χ1n) is 6.12. The Balaban J connectivity index is 1.88. The van der Waals surface area contributed by atoms with Crippen molar-refractivity contribution in [2.45, 2.75) is 0 Å². The number of aromatic amines is 1. The topological polar surface area (TPSA) is 73.8 Å². The van der Waals surface area contributed by atoms with Gasteiger partial charge in [0, 0.05) is 24.0 Å². The molecule has 5 nitrogen and oxygen atoms in total. The second kappa shape index (κ2) is 5.07. The Morgan fingerprint density at radius 2 is 2.00 bits per heavy atom. The molecule has 0 unspecified atom stereocenters. The molecule has 5 heteroatoms. The van der Waals surface area contributed by atoms with E-state index in [9.17, 15) is 0 Å². The van der Waals surface area contributed by atoms with Crippen LogP contribution in [0.25, 0.3) is 22.4 Å². The van der Waals surface area contributed by atoms with E-state index in [1.165, 1.54) is 0 Å². The third kappa shape index (κ3) is 2.41. The molecule has 0 atom stereocenters. The average molecular weight is 254 g/mol. The van der Waals surface area contributed by atoms with Crippen molar-refractivity contribution in [1.29, 1.82) is 0 Å². The summed E-state index contributed by atoms with van der Waals surface area (Å²) in [5.41, 5.74) is 3.84. The summed E-state index contributed by atoms with van der Waals surface area (Å²) in [7, 11) is 0. The molecule has 3 rings (SSSR count). The minimum Gasteiger partial charge on any atom is -0.395 e. The number of anilines is 1. The fourth-order valence-corrected chi connectivity index (χ4v) is 1.94. The molecule has 0 spiro atoms. The minimum atomic E-state index is 0.123. The summed E-state index contributed by atoms with van der Waals surface area (Å²) in [6, 6.07) is 9.80. The summed E-state index contributed by atoms with van der Waals surface area (Å²) >= 11 is 0. The molecule has 2 heterocycles. The maximum Gasteiger partial charge on any atom is 0.138 e. The number of nitrogens with zero attached hydrogens (tertiary/aromatic N) is 2. The normalized spacial score (nSPS) is 10.8. The Morgan fingerprint density at radius 1 is 1.16 bits per heavy atom. The van der Waals surface area contributed by atoms with Gasteiger partial charge in [-0.1, -0.05) is 0 Å². The first-order valence-corrected chi connectivity index (χ1v) is 6.12. The molecule has 0 bridgehead atoms. The van der Waals surface area contributed by atoms with Crippen LogP contribution in [0.2, 0.25) is 0 Å². The van der Waals surface area contributed by atoms with Crippen molar-refractivity contribution in [3.05, 3.63) is 42.7 Å². The first kappa shape index (κ1) is 11.7. The van der Waals surface area contributed by atoms with Gasteiger partial charge >= 0.3 is 0 Å². The van der Waals surface area contributed by atoms with Crippen LogP contribution in [0.4, 0.5) is 5.69 Å². The molecule has 0 amide bonds. The van der Waals surface area contributed by atoms with Gasteiger partial charge in [-0.15, -0.1) is 0 Å². The number of hydrogen-bond donors (Lipinski definition) is 3. The van der Waals surface area contributed by atoms with E-state index < -0.39 is 0 Å². The van der Waals surface area contributed by atoms with Crippen LogP contribution in [0.5, 0.6) is 0 Å². The van der Waals surface area contributed by atoms with Gasteiger partial charge in [0.25, 0.3) is 0 Å². The highest BCUT2D eigenvalue weighted by Crippen LogP contribution is 2.21. The van der Waals surface area contributed by atoms with Gasteiger partial charge in [0.15, 0.2) is 0 Å². The highest BCUT2D eigenvalue weighted by molar-refractivity contribution is 5.78. The number of pyridine rings is 1. The number of nitrogens with one attached hydrogen (secondary N) is 2. The summed E-state index contributed by atoms with van der Waals surface area (Å²) < 4.78 is 0. The van der Waals surface area contributed by atoms with E-state index in [1.54, 1.807) is 12.4 Å². The maximum atomic E-state index is 8.76. The smallest absolute Gasteiger partial charge is 0.138 e. The lowest BCUT2D eigenvalue weighted by Gasteiger charge is -2.04. The number of aliphatic hydroxyl groups is 1. The number of aliphatic hydroxyl groups excluding tert-OH is 1. The maximum absolute atomic E-state index is 8.76. The van der Waals surface area contributed by atoms with Crippen molar-refractivity contribution in [3.63, 3.8) is 0 Å². The van der Waals surface area contributed by atoms with Crippen molar-refractivity contribution in [3.8, 4) is 11.4 Å².